The number of hydrogen-bond donors (Lipinski definition) is 4. The van der Waals surface area contributed by atoms with Gasteiger partial charge >= 0.3 is 0 Å². The summed E-state index contributed by atoms with van der Waals surface area (Å²) in [5.41, 5.74) is 0.0785. The van der Waals surface area contributed by atoms with Crippen LogP contribution in [0.3, 0.4) is 0 Å². The van der Waals surface area contributed by atoms with E-state index in [1.165, 1.54) is 6.07 Å². The number of benzene rings is 1. The Morgan fingerprint density at radius 3 is 2.62 bits per heavy atom. The second-order valence-corrected chi connectivity index (χ2v) is 4.47. The smallest absolute Gasteiger partial charge is 0.161 e. The van der Waals surface area contributed by atoms with Crippen LogP contribution in [0.15, 0.2) is 18.2 Å². The first kappa shape index (κ1) is 11.2. The van der Waals surface area contributed by atoms with E-state index in [0.29, 0.717) is 18.7 Å². The van der Waals surface area contributed by atoms with Gasteiger partial charge in [-0.25, -0.2) is 0 Å². The van der Waals surface area contributed by atoms with Gasteiger partial charge < -0.3 is 20.6 Å². The van der Waals surface area contributed by atoms with Crippen molar-refractivity contribution in [1.82, 2.24) is 5.32 Å². The molecule has 4 N–H and O–H groups in total. The van der Waals surface area contributed by atoms with Crippen LogP contribution in [0.5, 0.6) is 11.5 Å². The molecule has 0 bridgehead atoms. The van der Waals surface area contributed by atoms with Crippen LogP contribution in [0.4, 0.5) is 0 Å². The lowest BCUT2D eigenvalue weighted by atomic mass is 9.80. The summed E-state index contributed by atoms with van der Waals surface area (Å²) in [5.74, 6) is -0.197. The van der Waals surface area contributed by atoms with Crippen molar-refractivity contribution in [2.75, 3.05) is 6.54 Å². The van der Waals surface area contributed by atoms with Gasteiger partial charge in [0.05, 0.1) is 5.60 Å². The highest BCUT2D eigenvalue weighted by Crippen LogP contribution is 2.31. The molecule has 4 heteroatoms. The number of aromatic hydroxyl groups is 2. The number of aliphatic hydroxyl groups is 1. The molecule has 4 nitrogen and oxygen atoms in total. The molecule has 0 spiro atoms. The van der Waals surface area contributed by atoms with Crippen molar-refractivity contribution in [2.24, 2.45) is 0 Å². The third kappa shape index (κ3) is 2.28. The van der Waals surface area contributed by atoms with Crippen molar-refractivity contribution in [3.63, 3.8) is 0 Å². The summed E-state index contributed by atoms with van der Waals surface area (Å²) in [5, 5.41) is 31.8. The number of nitrogens with one attached hydrogen (secondary N) is 1. The van der Waals surface area contributed by atoms with Crippen molar-refractivity contribution in [3.8, 4) is 11.5 Å². The van der Waals surface area contributed by atoms with Gasteiger partial charge in [-0.2, -0.15) is 0 Å². The molecular weight excluding hydrogens is 206 g/mol. The molecule has 0 unspecified atom stereocenters. The lowest BCUT2D eigenvalue weighted by Gasteiger charge is -2.36. The van der Waals surface area contributed by atoms with Crippen molar-refractivity contribution in [1.29, 1.82) is 0 Å². The Labute approximate surface area is 94.5 Å². The minimum Gasteiger partial charge on any atom is -0.504 e. The van der Waals surface area contributed by atoms with E-state index in [1.54, 1.807) is 12.1 Å². The molecule has 1 aromatic carbocycles. The van der Waals surface area contributed by atoms with E-state index >= 15 is 0 Å². The first-order valence-electron chi connectivity index (χ1n) is 5.54. The molecule has 0 heterocycles. The summed E-state index contributed by atoms with van der Waals surface area (Å²) < 4.78 is 0. The second-order valence-electron chi connectivity index (χ2n) is 4.47. The highest BCUT2D eigenvalue weighted by Gasteiger charge is 2.33. The Morgan fingerprint density at radius 2 is 2.00 bits per heavy atom. The molecule has 0 aliphatic heterocycles. The fourth-order valence-electron chi connectivity index (χ4n) is 1.91. The van der Waals surface area contributed by atoms with Crippen LogP contribution in [0.1, 0.15) is 24.8 Å². The summed E-state index contributed by atoms with van der Waals surface area (Å²) in [4.78, 5) is 0. The predicted molar refractivity (Wildman–Crippen MR) is 60.3 cm³/mol. The summed E-state index contributed by atoms with van der Waals surface area (Å²) in [6.07, 6.45) is 2.76. The number of para-hydroxylation sites is 1. The predicted octanol–water partition coefficient (Wildman–Crippen LogP) is 1.10. The number of phenols is 2. The highest BCUT2D eigenvalue weighted by molar-refractivity contribution is 5.44. The van der Waals surface area contributed by atoms with Gasteiger partial charge in [-0.1, -0.05) is 12.1 Å². The molecule has 1 aliphatic carbocycles. The van der Waals surface area contributed by atoms with Gasteiger partial charge in [0, 0.05) is 18.7 Å². The molecule has 0 radical (unpaired) electrons. The molecular formula is C12H17NO3. The lowest BCUT2D eigenvalue weighted by Crippen LogP contribution is -2.45. The summed E-state index contributed by atoms with van der Waals surface area (Å²) in [7, 11) is 0. The SMILES string of the molecule is Oc1cccc(CNCC2(O)CCC2)c1O. The topological polar surface area (TPSA) is 72.7 Å². The van der Waals surface area contributed by atoms with E-state index in [0.717, 1.165) is 19.3 Å². The fourth-order valence-corrected chi connectivity index (χ4v) is 1.91. The average Bonchev–Trinajstić information content (AvgIpc) is 2.22. The summed E-state index contributed by atoms with van der Waals surface area (Å²) >= 11 is 0. The maximum atomic E-state index is 9.84. The van der Waals surface area contributed by atoms with E-state index in [1.807, 2.05) is 0 Å². The van der Waals surface area contributed by atoms with Crippen molar-refractivity contribution in [3.05, 3.63) is 23.8 Å². The van der Waals surface area contributed by atoms with Crippen LogP contribution in [0.2, 0.25) is 0 Å². The van der Waals surface area contributed by atoms with Crippen molar-refractivity contribution < 1.29 is 15.3 Å². The van der Waals surface area contributed by atoms with E-state index in [2.05, 4.69) is 5.32 Å². The zero-order valence-corrected chi connectivity index (χ0v) is 9.11. The molecule has 0 amide bonds. The van der Waals surface area contributed by atoms with Crippen LogP contribution in [0, 0.1) is 0 Å². The number of hydrogen-bond acceptors (Lipinski definition) is 4. The van der Waals surface area contributed by atoms with Crippen LogP contribution in [-0.2, 0) is 6.54 Å². The van der Waals surface area contributed by atoms with Crippen LogP contribution < -0.4 is 5.32 Å². The molecule has 88 valence electrons. The van der Waals surface area contributed by atoms with Crippen molar-refractivity contribution in [2.45, 2.75) is 31.4 Å². The first-order valence-corrected chi connectivity index (χ1v) is 5.54. The normalized spacial score (nSPS) is 18.1. The molecule has 1 aliphatic rings. The van der Waals surface area contributed by atoms with Crippen LogP contribution in [0.25, 0.3) is 0 Å². The van der Waals surface area contributed by atoms with Gasteiger partial charge in [-0.05, 0) is 25.3 Å². The quantitative estimate of drug-likeness (QED) is 0.577. The molecule has 0 aromatic heterocycles. The molecule has 1 aromatic rings. The lowest BCUT2D eigenvalue weighted by molar-refractivity contribution is -0.0315. The van der Waals surface area contributed by atoms with E-state index in [4.69, 9.17) is 0 Å². The first-order chi connectivity index (χ1) is 7.61. The van der Waals surface area contributed by atoms with E-state index < -0.39 is 5.60 Å². The summed E-state index contributed by atoms with van der Waals surface area (Å²) in [6.45, 7) is 0.977. The van der Waals surface area contributed by atoms with Crippen molar-refractivity contribution >= 4 is 0 Å². The Morgan fingerprint density at radius 1 is 1.25 bits per heavy atom. The zero-order valence-electron chi connectivity index (χ0n) is 9.11. The Hall–Kier alpha value is -1.26. The van der Waals surface area contributed by atoms with Crippen LogP contribution in [-0.4, -0.2) is 27.5 Å². The number of rotatable bonds is 4. The summed E-state index contributed by atoms with van der Waals surface area (Å²) in [6, 6.07) is 4.87. The molecule has 1 fully saturated rings. The minimum absolute atomic E-state index is 0.0874. The minimum atomic E-state index is -0.563. The fraction of sp³-hybridized carbons (Fsp3) is 0.500. The third-order valence-electron chi connectivity index (χ3n) is 3.15. The Balaban J connectivity index is 1.87. The monoisotopic (exact) mass is 223 g/mol. The van der Waals surface area contributed by atoms with E-state index in [-0.39, 0.29) is 11.5 Å². The number of phenolic OH excluding ortho intramolecular Hbond substituents is 2. The molecule has 0 atom stereocenters. The zero-order chi connectivity index (χ0) is 11.6. The third-order valence-corrected chi connectivity index (χ3v) is 3.15. The van der Waals surface area contributed by atoms with Gasteiger partial charge in [0.25, 0.3) is 0 Å². The molecule has 2 rings (SSSR count). The van der Waals surface area contributed by atoms with Gasteiger partial charge in [0.2, 0.25) is 0 Å². The standard InChI is InChI=1S/C12H17NO3/c14-10-4-1-3-9(11(10)15)7-13-8-12(16)5-2-6-12/h1,3-4,13-16H,2,5-8H2. The Bertz CT molecular complexity index is 375. The highest BCUT2D eigenvalue weighted by atomic mass is 16.3. The molecule has 16 heavy (non-hydrogen) atoms. The second kappa shape index (κ2) is 4.31. The maximum Gasteiger partial charge on any atom is 0.161 e. The largest absolute Gasteiger partial charge is 0.504 e. The Kier molecular flexibility index (Phi) is 3.03. The maximum absolute atomic E-state index is 9.84. The van der Waals surface area contributed by atoms with Gasteiger partial charge in [0.1, 0.15) is 0 Å². The molecule has 0 saturated heterocycles. The average molecular weight is 223 g/mol. The van der Waals surface area contributed by atoms with Gasteiger partial charge in [0.15, 0.2) is 11.5 Å². The van der Waals surface area contributed by atoms with Crippen LogP contribution >= 0.6 is 0 Å². The van der Waals surface area contributed by atoms with E-state index in [9.17, 15) is 15.3 Å². The van der Waals surface area contributed by atoms with Gasteiger partial charge in [-0.3, -0.25) is 0 Å². The van der Waals surface area contributed by atoms with Gasteiger partial charge in [-0.15, -0.1) is 0 Å². The molecule has 1 saturated carbocycles.